The van der Waals surface area contributed by atoms with Crippen molar-refractivity contribution in [1.29, 1.82) is 0 Å². The molecule has 124 valence electrons. The first-order chi connectivity index (χ1) is 10.7. The minimum absolute atomic E-state index is 0.459. The molecule has 2 rings (SSSR count). The average Bonchev–Trinajstić information content (AvgIpc) is 2.56. The topological polar surface area (TPSA) is 61.5 Å². The van der Waals surface area contributed by atoms with Crippen molar-refractivity contribution >= 4 is 10.8 Å². The third-order valence-electron chi connectivity index (χ3n) is 4.02. The van der Waals surface area contributed by atoms with E-state index in [0.717, 1.165) is 36.5 Å². The van der Waals surface area contributed by atoms with Gasteiger partial charge in [-0.3, -0.25) is 4.21 Å². The van der Waals surface area contributed by atoms with Crippen LogP contribution in [0.25, 0.3) is 0 Å². The number of nitrogens with two attached hydrogens (primary N) is 1. The lowest BCUT2D eigenvalue weighted by Gasteiger charge is -2.22. The van der Waals surface area contributed by atoms with Crippen molar-refractivity contribution in [2.75, 3.05) is 32.8 Å². The zero-order chi connectivity index (χ0) is 15.9. The van der Waals surface area contributed by atoms with E-state index in [1.165, 1.54) is 7.11 Å². The van der Waals surface area contributed by atoms with Crippen LogP contribution in [0.1, 0.15) is 24.5 Å². The number of hydrogen-bond donors (Lipinski definition) is 1. The molecule has 2 N–H and O–H groups in total. The van der Waals surface area contributed by atoms with Gasteiger partial charge in [-0.2, -0.15) is 0 Å². The Morgan fingerprint density at radius 3 is 2.55 bits per heavy atom. The monoisotopic (exact) mass is 329 g/mol. The van der Waals surface area contributed by atoms with Crippen molar-refractivity contribution in [3.8, 4) is 0 Å². The highest BCUT2D eigenvalue weighted by atomic mass is 32.2. The lowest BCUT2D eigenvalue weighted by atomic mass is 10.0. The maximum absolute atomic E-state index is 12.7. The fourth-order valence-corrected chi connectivity index (χ4v) is 4.07. The first-order valence-electron chi connectivity index (χ1n) is 7.56. The number of alkyl halides is 1. The summed E-state index contributed by atoms with van der Waals surface area (Å²) in [5, 5.41) is 0. The highest BCUT2D eigenvalue weighted by Crippen LogP contribution is 2.23. The molecular formula is C16H24FNO3S. The molecule has 1 aromatic rings. The molecule has 6 heteroatoms. The van der Waals surface area contributed by atoms with Crippen molar-refractivity contribution in [3.63, 3.8) is 0 Å². The van der Waals surface area contributed by atoms with Gasteiger partial charge in [0.2, 0.25) is 0 Å². The van der Waals surface area contributed by atoms with Crippen LogP contribution in [0, 0.1) is 5.92 Å². The van der Waals surface area contributed by atoms with Gasteiger partial charge < -0.3 is 15.2 Å². The van der Waals surface area contributed by atoms with Gasteiger partial charge in [-0.05, 0) is 36.5 Å². The standard InChI is InChI=1S/C16H24FNO3S/c1-20-16(15(18)10-17)13-2-4-14(5-3-13)22(19)11-12-6-8-21-9-7-12/h2-5,12,15-16H,6-11,18H2,1H3/t15-,16-,22?/m1/s1. The molecule has 1 unspecified atom stereocenters. The van der Waals surface area contributed by atoms with Gasteiger partial charge in [0.25, 0.3) is 0 Å². The molecule has 1 aromatic carbocycles. The summed E-state index contributed by atoms with van der Waals surface area (Å²) in [5.41, 5.74) is 6.51. The summed E-state index contributed by atoms with van der Waals surface area (Å²) in [6.45, 7) is 0.880. The lowest BCUT2D eigenvalue weighted by molar-refractivity contribution is 0.0719. The number of halogens is 1. The second-order valence-corrected chi connectivity index (χ2v) is 7.11. The Balaban J connectivity index is 1.99. The third kappa shape index (κ3) is 4.59. The summed E-state index contributed by atoms with van der Waals surface area (Å²) in [6.07, 6.45) is 1.46. The van der Waals surface area contributed by atoms with E-state index >= 15 is 0 Å². The zero-order valence-corrected chi connectivity index (χ0v) is 13.7. The smallest absolute Gasteiger partial charge is 0.107 e. The SMILES string of the molecule is CO[C@H](c1ccc(S(=O)CC2CCOCC2)cc1)[C@H](N)CF. The maximum Gasteiger partial charge on any atom is 0.107 e. The maximum atomic E-state index is 12.7. The van der Waals surface area contributed by atoms with E-state index in [9.17, 15) is 8.60 Å². The van der Waals surface area contributed by atoms with Gasteiger partial charge in [0, 0.05) is 31.0 Å². The predicted octanol–water partition coefficient (Wildman–Crippen LogP) is 2.21. The van der Waals surface area contributed by atoms with E-state index in [4.69, 9.17) is 15.2 Å². The van der Waals surface area contributed by atoms with E-state index < -0.39 is 29.6 Å². The van der Waals surface area contributed by atoms with Gasteiger partial charge in [-0.1, -0.05) is 12.1 Å². The van der Waals surface area contributed by atoms with Gasteiger partial charge in [-0.25, -0.2) is 4.39 Å². The molecule has 0 saturated carbocycles. The van der Waals surface area contributed by atoms with E-state index in [1.54, 1.807) is 0 Å². The highest BCUT2D eigenvalue weighted by molar-refractivity contribution is 7.85. The van der Waals surface area contributed by atoms with Crippen LogP contribution in [0.2, 0.25) is 0 Å². The number of benzene rings is 1. The van der Waals surface area contributed by atoms with Crippen molar-refractivity contribution in [3.05, 3.63) is 29.8 Å². The summed E-state index contributed by atoms with van der Waals surface area (Å²) in [7, 11) is 0.493. The Kier molecular flexibility index (Phi) is 6.95. The Morgan fingerprint density at radius 2 is 2.00 bits per heavy atom. The molecule has 1 fully saturated rings. The summed E-state index contributed by atoms with van der Waals surface area (Å²) >= 11 is 0. The van der Waals surface area contributed by atoms with Crippen molar-refractivity contribution in [2.45, 2.75) is 29.9 Å². The summed E-state index contributed by atoms with van der Waals surface area (Å²) in [4.78, 5) is 0.791. The quantitative estimate of drug-likeness (QED) is 0.833. The van der Waals surface area contributed by atoms with Crippen molar-refractivity contribution < 1.29 is 18.1 Å². The van der Waals surface area contributed by atoms with Crippen LogP contribution in [0.4, 0.5) is 4.39 Å². The Labute approximate surface area is 133 Å². The second-order valence-electron chi connectivity index (χ2n) is 5.61. The zero-order valence-electron chi connectivity index (χ0n) is 12.9. The van der Waals surface area contributed by atoms with Gasteiger partial charge in [0.1, 0.15) is 6.67 Å². The second kappa shape index (κ2) is 8.72. The molecule has 0 aliphatic carbocycles. The highest BCUT2D eigenvalue weighted by Gasteiger charge is 2.21. The summed E-state index contributed by atoms with van der Waals surface area (Å²) in [5.74, 6) is 1.13. The lowest BCUT2D eigenvalue weighted by Crippen LogP contribution is -2.31. The number of hydrogen-bond acceptors (Lipinski definition) is 4. The number of methoxy groups -OCH3 is 1. The molecule has 1 aliphatic rings. The largest absolute Gasteiger partial charge is 0.381 e. The predicted molar refractivity (Wildman–Crippen MR) is 85.0 cm³/mol. The van der Waals surface area contributed by atoms with Crippen LogP contribution in [-0.4, -0.2) is 43.0 Å². The Bertz CT molecular complexity index is 477. The molecule has 1 heterocycles. The van der Waals surface area contributed by atoms with Crippen LogP contribution in [0.3, 0.4) is 0 Å². The van der Waals surface area contributed by atoms with Crippen molar-refractivity contribution in [2.24, 2.45) is 11.7 Å². The summed E-state index contributed by atoms with van der Waals surface area (Å²) < 4.78 is 35.7. The third-order valence-corrected chi connectivity index (χ3v) is 5.59. The molecular weight excluding hydrogens is 305 g/mol. The Morgan fingerprint density at radius 1 is 1.36 bits per heavy atom. The van der Waals surface area contributed by atoms with E-state index in [1.807, 2.05) is 24.3 Å². The van der Waals surface area contributed by atoms with Gasteiger partial charge >= 0.3 is 0 Å². The van der Waals surface area contributed by atoms with Crippen LogP contribution in [-0.2, 0) is 20.3 Å². The molecule has 22 heavy (non-hydrogen) atoms. The fraction of sp³-hybridized carbons (Fsp3) is 0.625. The van der Waals surface area contributed by atoms with Gasteiger partial charge in [0.15, 0.2) is 0 Å². The summed E-state index contributed by atoms with van der Waals surface area (Å²) in [6, 6.07) is 6.59. The fourth-order valence-electron chi connectivity index (χ4n) is 2.67. The van der Waals surface area contributed by atoms with E-state index in [0.29, 0.717) is 11.7 Å². The normalized spacial score (nSPS) is 20.5. The van der Waals surface area contributed by atoms with Crippen LogP contribution in [0.5, 0.6) is 0 Å². The molecule has 3 atom stereocenters. The number of rotatable bonds is 7. The molecule has 0 bridgehead atoms. The van der Waals surface area contributed by atoms with Crippen LogP contribution in [0.15, 0.2) is 29.2 Å². The molecule has 1 saturated heterocycles. The van der Waals surface area contributed by atoms with Crippen molar-refractivity contribution in [1.82, 2.24) is 0 Å². The average molecular weight is 329 g/mol. The molecule has 0 aromatic heterocycles. The van der Waals surface area contributed by atoms with E-state index in [2.05, 4.69) is 0 Å². The minimum atomic E-state index is -1.02. The van der Waals surface area contributed by atoms with E-state index in [-0.39, 0.29) is 0 Å². The minimum Gasteiger partial charge on any atom is -0.381 e. The van der Waals surface area contributed by atoms with Crippen LogP contribution < -0.4 is 5.73 Å². The van der Waals surface area contributed by atoms with Gasteiger partial charge in [0.05, 0.1) is 22.9 Å². The first kappa shape index (κ1) is 17.5. The molecule has 4 nitrogen and oxygen atoms in total. The molecule has 1 aliphatic heterocycles. The van der Waals surface area contributed by atoms with Crippen LogP contribution >= 0.6 is 0 Å². The molecule has 0 radical (unpaired) electrons. The number of ether oxygens (including phenoxy) is 2. The van der Waals surface area contributed by atoms with Gasteiger partial charge in [-0.15, -0.1) is 0 Å². The molecule has 0 spiro atoms. The molecule has 0 amide bonds. The first-order valence-corrected chi connectivity index (χ1v) is 8.88. The Hall–Kier alpha value is -0.820.